The smallest absolute Gasteiger partial charge is 0.259 e. The van der Waals surface area contributed by atoms with Crippen molar-refractivity contribution < 1.29 is 9.59 Å². The zero-order valence-corrected chi connectivity index (χ0v) is 22.1. The van der Waals surface area contributed by atoms with Crippen molar-refractivity contribution in [3.05, 3.63) is 82.4 Å². The maximum atomic E-state index is 13.4. The van der Waals surface area contributed by atoms with E-state index in [1.165, 1.54) is 0 Å². The molecule has 0 atom stereocenters. The summed E-state index contributed by atoms with van der Waals surface area (Å²) in [6.45, 7) is 9.42. The molecule has 5 heterocycles. The predicted octanol–water partition coefficient (Wildman–Crippen LogP) is 5.08. The van der Waals surface area contributed by atoms with Crippen molar-refractivity contribution in [2.45, 2.75) is 39.2 Å². The number of carbonyl (C=O) groups is 2. The van der Waals surface area contributed by atoms with Crippen molar-refractivity contribution in [2.75, 3.05) is 36.0 Å². The number of aryl methyl sites for hydroxylation is 1. The van der Waals surface area contributed by atoms with Gasteiger partial charge in [0.25, 0.3) is 11.8 Å². The Kier molecular flexibility index (Phi) is 5.53. The van der Waals surface area contributed by atoms with Gasteiger partial charge in [-0.25, -0.2) is 0 Å². The van der Waals surface area contributed by atoms with Crippen LogP contribution in [0.1, 0.15) is 58.5 Å². The summed E-state index contributed by atoms with van der Waals surface area (Å²) in [7, 11) is 0. The van der Waals surface area contributed by atoms with E-state index in [0.717, 1.165) is 61.5 Å². The van der Waals surface area contributed by atoms with Crippen LogP contribution in [0.4, 0.5) is 11.4 Å². The first-order valence-corrected chi connectivity index (χ1v) is 13.1. The van der Waals surface area contributed by atoms with Gasteiger partial charge in [-0.2, -0.15) is 0 Å². The lowest BCUT2D eigenvalue weighted by Crippen LogP contribution is -2.62. The van der Waals surface area contributed by atoms with Crippen LogP contribution in [0.25, 0.3) is 0 Å². The number of anilines is 2. The number of aromatic nitrogens is 2. The highest BCUT2D eigenvalue weighted by Gasteiger charge is 2.47. The number of benzene rings is 1. The average molecular weight is 516 g/mol. The lowest BCUT2D eigenvalue weighted by molar-refractivity contribution is -0.00793. The van der Waals surface area contributed by atoms with Crippen molar-refractivity contribution in [1.82, 2.24) is 14.9 Å². The van der Waals surface area contributed by atoms with Crippen molar-refractivity contribution in [1.29, 1.82) is 0 Å². The third kappa shape index (κ3) is 3.87. The number of pyridine rings is 2. The molecule has 2 aromatic heterocycles. The van der Waals surface area contributed by atoms with Crippen molar-refractivity contribution >= 4 is 34.8 Å². The Labute approximate surface area is 222 Å². The van der Waals surface area contributed by atoms with Crippen LogP contribution in [0.15, 0.2) is 55.1 Å². The SMILES string of the molecule is Cc1ccncc1C(=O)N1CC2(CCN(c3cncc(N4C(=O)c5ccc(Cl)cc5C4(C)C)c3)CC2)C1. The molecule has 0 bridgehead atoms. The van der Waals surface area contributed by atoms with Crippen molar-refractivity contribution in [3.63, 3.8) is 0 Å². The van der Waals surface area contributed by atoms with Crippen LogP contribution in [0, 0.1) is 12.3 Å². The third-order valence-corrected chi connectivity index (χ3v) is 8.63. The highest BCUT2D eigenvalue weighted by Crippen LogP contribution is 2.45. The number of likely N-dealkylation sites (tertiary alicyclic amines) is 1. The summed E-state index contributed by atoms with van der Waals surface area (Å²) in [6, 6.07) is 9.42. The van der Waals surface area contributed by atoms with E-state index in [2.05, 4.69) is 20.9 Å². The standard InChI is InChI=1S/C29H30ClN5O2/c1-19-6-9-31-16-24(19)26(36)34-17-29(18-34)7-10-33(11-8-29)21-13-22(15-32-14-21)35-27(37)23-5-4-20(30)12-25(23)28(35,2)3/h4-6,9,12-16H,7-8,10-11,17-18H2,1-3H3. The Balaban J connectivity index is 1.14. The largest absolute Gasteiger partial charge is 0.370 e. The van der Waals surface area contributed by atoms with Gasteiger partial charge in [0.15, 0.2) is 0 Å². The topological polar surface area (TPSA) is 69.6 Å². The van der Waals surface area contributed by atoms with Crippen molar-refractivity contribution in [3.8, 4) is 0 Å². The lowest BCUT2D eigenvalue weighted by atomic mass is 9.71. The second-order valence-electron chi connectivity index (χ2n) is 11.1. The number of halogens is 1. The molecule has 0 saturated carbocycles. The summed E-state index contributed by atoms with van der Waals surface area (Å²) in [5.74, 6) is 0.0482. The Hall–Kier alpha value is -3.45. The molecule has 3 aliphatic rings. The van der Waals surface area contributed by atoms with Gasteiger partial charge in [-0.05, 0) is 75.1 Å². The van der Waals surface area contributed by atoms with Crippen LogP contribution >= 0.6 is 11.6 Å². The molecule has 2 saturated heterocycles. The number of hydrogen-bond donors (Lipinski definition) is 0. The summed E-state index contributed by atoms with van der Waals surface area (Å²) in [5, 5.41) is 0.627. The molecule has 2 amide bonds. The zero-order valence-electron chi connectivity index (χ0n) is 21.4. The van der Waals surface area contributed by atoms with Crippen LogP contribution < -0.4 is 9.80 Å². The normalized spacial score (nSPS) is 19.7. The summed E-state index contributed by atoms with van der Waals surface area (Å²) in [6.07, 6.45) is 9.07. The maximum Gasteiger partial charge on any atom is 0.259 e. The van der Waals surface area contributed by atoms with Crippen LogP contribution in [0.5, 0.6) is 0 Å². The number of rotatable bonds is 3. The Morgan fingerprint density at radius 1 is 0.973 bits per heavy atom. The third-order valence-electron chi connectivity index (χ3n) is 8.40. The molecule has 3 aromatic rings. The van der Waals surface area contributed by atoms with E-state index in [0.29, 0.717) is 16.1 Å². The molecule has 7 nitrogen and oxygen atoms in total. The molecular formula is C29H30ClN5O2. The minimum Gasteiger partial charge on any atom is -0.370 e. The molecule has 0 N–H and O–H groups in total. The Bertz CT molecular complexity index is 1400. The molecule has 37 heavy (non-hydrogen) atoms. The number of piperidine rings is 1. The summed E-state index contributed by atoms with van der Waals surface area (Å²) in [5.41, 5.74) is 4.73. The monoisotopic (exact) mass is 515 g/mol. The molecule has 1 spiro atoms. The Morgan fingerprint density at radius 2 is 1.70 bits per heavy atom. The van der Waals surface area contributed by atoms with Gasteiger partial charge in [-0.1, -0.05) is 11.6 Å². The molecule has 0 unspecified atom stereocenters. The van der Waals surface area contributed by atoms with E-state index in [-0.39, 0.29) is 17.2 Å². The van der Waals surface area contributed by atoms with E-state index in [1.54, 1.807) is 24.7 Å². The van der Waals surface area contributed by atoms with Crippen LogP contribution in [0.3, 0.4) is 0 Å². The van der Waals surface area contributed by atoms with Gasteiger partial charge in [0.05, 0.1) is 34.9 Å². The van der Waals surface area contributed by atoms with E-state index in [1.807, 2.05) is 55.0 Å². The molecule has 190 valence electrons. The minimum absolute atomic E-state index is 0.0312. The number of carbonyl (C=O) groups excluding carboxylic acids is 2. The molecule has 3 aliphatic heterocycles. The van der Waals surface area contributed by atoms with Gasteiger partial charge in [0.1, 0.15) is 0 Å². The first-order valence-electron chi connectivity index (χ1n) is 12.7. The van der Waals surface area contributed by atoms with Gasteiger partial charge in [-0.15, -0.1) is 0 Å². The zero-order chi connectivity index (χ0) is 25.9. The fourth-order valence-corrected chi connectivity index (χ4v) is 6.35. The Morgan fingerprint density at radius 3 is 2.43 bits per heavy atom. The number of amides is 2. The highest BCUT2D eigenvalue weighted by atomic mass is 35.5. The molecular weight excluding hydrogens is 486 g/mol. The fourth-order valence-electron chi connectivity index (χ4n) is 6.18. The van der Waals surface area contributed by atoms with Gasteiger partial charge in [0.2, 0.25) is 0 Å². The minimum atomic E-state index is -0.530. The average Bonchev–Trinajstić information content (AvgIpc) is 3.07. The van der Waals surface area contributed by atoms with Gasteiger partial charge >= 0.3 is 0 Å². The molecule has 0 aliphatic carbocycles. The summed E-state index contributed by atoms with van der Waals surface area (Å²) >= 11 is 6.25. The fraction of sp³-hybridized carbons (Fsp3) is 0.379. The first kappa shape index (κ1) is 23.9. The molecule has 0 radical (unpaired) electrons. The van der Waals surface area contributed by atoms with Gasteiger partial charge in [-0.3, -0.25) is 24.5 Å². The van der Waals surface area contributed by atoms with Gasteiger partial charge in [0, 0.05) is 54.6 Å². The second kappa shape index (κ2) is 8.55. The lowest BCUT2D eigenvalue weighted by Gasteiger charge is -2.54. The number of hydrogen-bond acceptors (Lipinski definition) is 5. The first-order chi connectivity index (χ1) is 17.7. The second-order valence-corrected chi connectivity index (χ2v) is 11.6. The summed E-state index contributed by atoms with van der Waals surface area (Å²) in [4.78, 5) is 41.0. The molecule has 8 heteroatoms. The number of nitrogens with zero attached hydrogens (tertiary/aromatic N) is 5. The van der Waals surface area contributed by atoms with E-state index in [9.17, 15) is 9.59 Å². The van der Waals surface area contributed by atoms with E-state index in [4.69, 9.17) is 11.6 Å². The predicted molar refractivity (Wildman–Crippen MR) is 144 cm³/mol. The van der Waals surface area contributed by atoms with Crippen molar-refractivity contribution in [2.24, 2.45) is 5.41 Å². The maximum absolute atomic E-state index is 13.4. The molecule has 1 aromatic carbocycles. The molecule has 6 rings (SSSR count). The van der Waals surface area contributed by atoms with E-state index < -0.39 is 5.54 Å². The highest BCUT2D eigenvalue weighted by molar-refractivity contribution is 6.31. The van der Waals surface area contributed by atoms with Crippen LogP contribution in [-0.2, 0) is 5.54 Å². The number of fused-ring (bicyclic) bond motifs is 1. The van der Waals surface area contributed by atoms with Gasteiger partial charge < -0.3 is 9.80 Å². The van der Waals surface area contributed by atoms with E-state index >= 15 is 0 Å². The van der Waals surface area contributed by atoms with Crippen LogP contribution in [0.2, 0.25) is 5.02 Å². The molecule has 2 fully saturated rings. The van der Waals surface area contributed by atoms with Crippen LogP contribution in [-0.4, -0.2) is 52.9 Å². The quantitative estimate of drug-likeness (QED) is 0.486. The summed E-state index contributed by atoms with van der Waals surface area (Å²) < 4.78 is 0.